The summed E-state index contributed by atoms with van der Waals surface area (Å²) in [7, 11) is 0. The standard InChI is InChI=1S/C15H21NO4/c1-2-19-13-7-3-4-8-14(13)20-11-15(18)16-9-5-6-12(17)10-16/h3-4,7-8,12,17H,2,5-6,9-11H2,1H3/t12-/m0/s1. The molecule has 110 valence electrons. The normalized spacial score (nSPS) is 18.7. The zero-order valence-corrected chi connectivity index (χ0v) is 11.7. The van der Waals surface area contributed by atoms with E-state index >= 15 is 0 Å². The van der Waals surface area contributed by atoms with Crippen LogP contribution in [0.25, 0.3) is 0 Å². The number of carbonyl (C=O) groups excluding carboxylic acids is 1. The average Bonchev–Trinajstić information content (AvgIpc) is 2.46. The molecule has 0 saturated carbocycles. The zero-order chi connectivity index (χ0) is 14.4. The SMILES string of the molecule is CCOc1ccccc1OCC(=O)N1CCC[C@H](O)C1. The Hall–Kier alpha value is -1.75. The summed E-state index contributed by atoms with van der Waals surface area (Å²) in [4.78, 5) is 13.7. The summed E-state index contributed by atoms with van der Waals surface area (Å²) >= 11 is 0. The van der Waals surface area contributed by atoms with Crippen molar-refractivity contribution in [1.82, 2.24) is 4.90 Å². The van der Waals surface area contributed by atoms with E-state index in [0.717, 1.165) is 12.8 Å². The largest absolute Gasteiger partial charge is 0.490 e. The van der Waals surface area contributed by atoms with Crippen molar-refractivity contribution in [2.24, 2.45) is 0 Å². The number of ether oxygens (including phenoxy) is 2. The monoisotopic (exact) mass is 279 g/mol. The smallest absolute Gasteiger partial charge is 0.260 e. The number of para-hydroxylation sites is 2. The fourth-order valence-electron chi connectivity index (χ4n) is 2.26. The van der Waals surface area contributed by atoms with Gasteiger partial charge in [-0.15, -0.1) is 0 Å². The molecule has 0 unspecified atom stereocenters. The molecule has 0 aromatic heterocycles. The Bertz CT molecular complexity index is 449. The van der Waals surface area contributed by atoms with Gasteiger partial charge in [-0.1, -0.05) is 12.1 Å². The third kappa shape index (κ3) is 3.87. The molecule has 0 bridgehead atoms. The van der Waals surface area contributed by atoms with Gasteiger partial charge in [0.15, 0.2) is 18.1 Å². The number of hydrogen-bond donors (Lipinski definition) is 1. The molecule has 1 fully saturated rings. The molecule has 1 atom stereocenters. The molecule has 1 aromatic rings. The number of piperidine rings is 1. The quantitative estimate of drug-likeness (QED) is 0.886. The van der Waals surface area contributed by atoms with Crippen molar-refractivity contribution in [3.05, 3.63) is 24.3 Å². The highest BCUT2D eigenvalue weighted by Crippen LogP contribution is 2.26. The molecule has 1 heterocycles. The highest BCUT2D eigenvalue weighted by molar-refractivity contribution is 5.78. The highest BCUT2D eigenvalue weighted by Gasteiger charge is 2.22. The second kappa shape index (κ2) is 7.14. The van der Waals surface area contributed by atoms with Crippen LogP contribution in [-0.2, 0) is 4.79 Å². The Balaban J connectivity index is 1.89. The third-order valence-corrected chi connectivity index (χ3v) is 3.25. The summed E-state index contributed by atoms with van der Waals surface area (Å²) in [5.41, 5.74) is 0. The van der Waals surface area contributed by atoms with E-state index in [1.54, 1.807) is 11.0 Å². The average molecular weight is 279 g/mol. The molecule has 1 aliphatic rings. The molecule has 1 amide bonds. The second-order valence-corrected chi connectivity index (χ2v) is 4.80. The van der Waals surface area contributed by atoms with Crippen LogP contribution in [0, 0.1) is 0 Å². The van der Waals surface area contributed by atoms with Gasteiger partial charge in [0, 0.05) is 13.1 Å². The molecular weight excluding hydrogens is 258 g/mol. The van der Waals surface area contributed by atoms with Crippen molar-refractivity contribution >= 4 is 5.91 Å². The molecule has 1 aromatic carbocycles. The number of amides is 1. The Morgan fingerprint density at radius 3 is 2.70 bits per heavy atom. The van der Waals surface area contributed by atoms with Crippen LogP contribution in [0.4, 0.5) is 0 Å². The fourth-order valence-corrected chi connectivity index (χ4v) is 2.26. The van der Waals surface area contributed by atoms with Crippen molar-refractivity contribution in [2.45, 2.75) is 25.9 Å². The van der Waals surface area contributed by atoms with Gasteiger partial charge in [-0.25, -0.2) is 0 Å². The zero-order valence-electron chi connectivity index (χ0n) is 11.7. The van der Waals surface area contributed by atoms with Gasteiger partial charge >= 0.3 is 0 Å². The Labute approximate surface area is 119 Å². The van der Waals surface area contributed by atoms with E-state index in [4.69, 9.17) is 9.47 Å². The van der Waals surface area contributed by atoms with E-state index in [9.17, 15) is 9.90 Å². The fraction of sp³-hybridized carbons (Fsp3) is 0.533. The molecule has 20 heavy (non-hydrogen) atoms. The third-order valence-electron chi connectivity index (χ3n) is 3.25. The van der Waals surface area contributed by atoms with Crippen molar-refractivity contribution in [2.75, 3.05) is 26.3 Å². The lowest BCUT2D eigenvalue weighted by molar-refractivity contribution is -0.136. The van der Waals surface area contributed by atoms with Gasteiger partial charge in [0.2, 0.25) is 0 Å². The topological polar surface area (TPSA) is 59.0 Å². The van der Waals surface area contributed by atoms with Crippen LogP contribution in [0.15, 0.2) is 24.3 Å². The molecule has 1 saturated heterocycles. The maximum absolute atomic E-state index is 12.0. The number of β-amino-alcohol motifs (C(OH)–C–C–N with tert-alkyl or cyclic N) is 1. The number of rotatable bonds is 5. The van der Waals surface area contributed by atoms with Crippen molar-refractivity contribution in [3.8, 4) is 11.5 Å². The predicted octanol–water partition coefficient (Wildman–Crippen LogP) is 1.45. The molecule has 0 aliphatic carbocycles. The molecule has 0 spiro atoms. The van der Waals surface area contributed by atoms with Crippen LogP contribution in [-0.4, -0.2) is 48.3 Å². The first kappa shape index (κ1) is 14.7. The molecule has 2 rings (SSSR count). The lowest BCUT2D eigenvalue weighted by Crippen LogP contribution is -2.44. The lowest BCUT2D eigenvalue weighted by atomic mass is 10.1. The Morgan fingerprint density at radius 2 is 2.05 bits per heavy atom. The first-order valence-corrected chi connectivity index (χ1v) is 7.01. The summed E-state index contributed by atoms with van der Waals surface area (Å²) < 4.78 is 11.0. The van der Waals surface area contributed by atoms with Gasteiger partial charge in [0.25, 0.3) is 5.91 Å². The maximum Gasteiger partial charge on any atom is 0.260 e. The molecule has 0 radical (unpaired) electrons. The number of carbonyl (C=O) groups is 1. The first-order valence-electron chi connectivity index (χ1n) is 7.01. The molecule has 1 aliphatic heterocycles. The molecular formula is C15H21NO4. The molecule has 1 N–H and O–H groups in total. The van der Waals surface area contributed by atoms with Gasteiger partial charge in [0.1, 0.15) is 0 Å². The number of likely N-dealkylation sites (tertiary alicyclic amines) is 1. The summed E-state index contributed by atoms with van der Waals surface area (Å²) in [6.45, 7) is 3.50. The van der Waals surface area contributed by atoms with Crippen molar-refractivity contribution in [3.63, 3.8) is 0 Å². The van der Waals surface area contributed by atoms with Gasteiger partial charge < -0.3 is 19.5 Å². The number of aliphatic hydroxyl groups excluding tert-OH is 1. The second-order valence-electron chi connectivity index (χ2n) is 4.80. The van der Waals surface area contributed by atoms with Crippen LogP contribution < -0.4 is 9.47 Å². The van der Waals surface area contributed by atoms with E-state index in [0.29, 0.717) is 31.2 Å². The summed E-state index contributed by atoms with van der Waals surface area (Å²) in [5.74, 6) is 1.11. The van der Waals surface area contributed by atoms with E-state index < -0.39 is 6.10 Å². The molecule has 5 heteroatoms. The number of aliphatic hydroxyl groups is 1. The first-order chi connectivity index (χ1) is 9.70. The van der Waals surface area contributed by atoms with E-state index in [2.05, 4.69) is 0 Å². The minimum atomic E-state index is -0.414. The summed E-state index contributed by atoms with van der Waals surface area (Å²) in [6, 6.07) is 7.30. The van der Waals surface area contributed by atoms with Crippen LogP contribution in [0.1, 0.15) is 19.8 Å². The van der Waals surface area contributed by atoms with Gasteiger partial charge in [-0.05, 0) is 31.9 Å². The summed E-state index contributed by atoms with van der Waals surface area (Å²) in [5, 5.41) is 9.57. The van der Waals surface area contributed by atoms with Gasteiger partial charge in [-0.2, -0.15) is 0 Å². The van der Waals surface area contributed by atoms with Gasteiger partial charge in [0.05, 0.1) is 12.7 Å². The van der Waals surface area contributed by atoms with Crippen LogP contribution in [0.2, 0.25) is 0 Å². The Morgan fingerprint density at radius 1 is 1.35 bits per heavy atom. The molecule has 5 nitrogen and oxygen atoms in total. The van der Waals surface area contributed by atoms with E-state index in [1.165, 1.54) is 0 Å². The minimum Gasteiger partial charge on any atom is -0.490 e. The van der Waals surface area contributed by atoms with E-state index in [1.807, 2.05) is 25.1 Å². The lowest BCUT2D eigenvalue weighted by Gasteiger charge is -2.30. The number of benzene rings is 1. The van der Waals surface area contributed by atoms with Crippen LogP contribution in [0.5, 0.6) is 11.5 Å². The number of nitrogens with zero attached hydrogens (tertiary/aromatic N) is 1. The van der Waals surface area contributed by atoms with Crippen LogP contribution in [0.3, 0.4) is 0 Å². The maximum atomic E-state index is 12.0. The number of hydrogen-bond acceptors (Lipinski definition) is 4. The van der Waals surface area contributed by atoms with E-state index in [-0.39, 0.29) is 12.5 Å². The minimum absolute atomic E-state index is 0.0309. The van der Waals surface area contributed by atoms with Crippen molar-refractivity contribution < 1.29 is 19.4 Å². The van der Waals surface area contributed by atoms with Crippen LogP contribution >= 0.6 is 0 Å². The summed E-state index contributed by atoms with van der Waals surface area (Å²) in [6.07, 6.45) is 1.18. The van der Waals surface area contributed by atoms with Crippen molar-refractivity contribution in [1.29, 1.82) is 0 Å². The highest BCUT2D eigenvalue weighted by atomic mass is 16.5. The van der Waals surface area contributed by atoms with Gasteiger partial charge in [-0.3, -0.25) is 4.79 Å². The Kier molecular flexibility index (Phi) is 5.24. The predicted molar refractivity (Wildman–Crippen MR) is 74.9 cm³/mol.